The van der Waals surface area contributed by atoms with Crippen LogP contribution in [-0.4, -0.2) is 51.5 Å². The standard InChI is InChI=1S/C23H25N7O2S/c24-10-4-11-28-12-7-17(8-13-28)30-21(15-25)27-20-16-26-23-19(22(20)30)9-14-29(23)33(31,32)18-5-2-1-3-6-18/h1-3,5-6,9,14,16-17H,4,7-8,11-13,15,25H2. The summed E-state index contributed by atoms with van der Waals surface area (Å²) in [4.78, 5) is 11.7. The molecule has 0 amide bonds. The molecule has 1 aromatic carbocycles. The molecule has 0 saturated carbocycles. The van der Waals surface area contributed by atoms with Crippen LogP contribution in [0.1, 0.15) is 31.1 Å². The molecule has 33 heavy (non-hydrogen) atoms. The summed E-state index contributed by atoms with van der Waals surface area (Å²) in [5, 5.41) is 9.61. The highest BCUT2D eigenvalue weighted by Gasteiger charge is 2.27. The Hall–Kier alpha value is -3.26. The highest BCUT2D eigenvalue weighted by Crippen LogP contribution is 2.33. The van der Waals surface area contributed by atoms with Crippen LogP contribution in [0.4, 0.5) is 0 Å². The van der Waals surface area contributed by atoms with Crippen LogP contribution in [0.3, 0.4) is 0 Å². The lowest BCUT2D eigenvalue weighted by Gasteiger charge is -2.33. The number of rotatable bonds is 6. The zero-order chi connectivity index (χ0) is 23.0. The summed E-state index contributed by atoms with van der Waals surface area (Å²) in [6, 6.07) is 12.6. The molecule has 0 unspecified atom stereocenters. The Labute approximate surface area is 192 Å². The number of aromatic nitrogens is 4. The maximum atomic E-state index is 13.3. The van der Waals surface area contributed by atoms with E-state index in [0.717, 1.165) is 49.2 Å². The average molecular weight is 464 g/mol. The molecule has 0 radical (unpaired) electrons. The number of nitriles is 1. The van der Waals surface area contributed by atoms with Crippen molar-refractivity contribution in [2.24, 2.45) is 5.73 Å². The molecule has 0 atom stereocenters. The summed E-state index contributed by atoms with van der Waals surface area (Å²) in [6.45, 7) is 2.86. The number of hydrogen-bond acceptors (Lipinski definition) is 7. The van der Waals surface area contributed by atoms with Crippen molar-refractivity contribution in [3.05, 3.63) is 54.6 Å². The van der Waals surface area contributed by atoms with E-state index in [9.17, 15) is 8.42 Å². The molecule has 170 valence electrons. The van der Waals surface area contributed by atoms with Gasteiger partial charge in [-0.1, -0.05) is 18.2 Å². The van der Waals surface area contributed by atoms with Gasteiger partial charge in [0.25, 0.3) is 10.0 Å². The number of fused-ring (bicyclic) bond motifs is 3. The van der Waals surface area contributed by atoms with Crippen LogP contribution in [0.2, 0.25) is 0 Å². The van der Waals surface area contributed by atoms with Crippen LogP contribution in [0.25, 0.3) is 22.1 Å². The van der Waals surface area contributed by atoms with E-state index in [-0.39, 0.29) is 17.5 Å². The van der Waals surface area contributed by atoms with E-state index in [4.69, 9.17) is 16.0 Å². The molecule has 9 nitrogen and oxygen atoms in total. The monoisotopic (exact) mass is 463 g/mol. The van der Waals surface area contributed by atoms with Crippen molar-refractivity contribution in [2.75, 3.05) is 19.6 Å². The summed E-state index contributed by atoms with van der Waals surface area (Å²) in [7, 11) is -3.78. The Morgan fingerprint density at radius 1 is 1.15 bits per heavy atom. The van der Waals surface area contributed by atoms with Gasteiger partial charge in [0, 0.05) is 43.7 Å². The molecule has 10 heteroatoms. The quantitative estimate of drug-likeness (QED) is 0.466. The fraction of sp³-hybridized carbons (Fsp3) is 0.348. The molecule has 2 N–H and O–H groups in total. The van der Waals surface area contributed by atoms with E-state index >= 15 is 0 Å². The summed E-state index contributed by atoms with van der Waals surface area (Å²) >= 11 is 0. The Morgan fingerprint density at radius 2 is 1.91 bits per heavy atom. The molecule has 1 saturated heterocycles. The fourth-order valence-corrected chi connectivity index (χ4v) is 6.06. The van der Waals surface area contributed by atoms with Gasteiger partial charge >= 0.3 is 0 Å². The molecule has 4 heterocycles. The molecule has 0 spiro atoms. The van der Waals surface area contributed by atoms with Gasteiger partial charge in [0.2, 0.25) is 0 Å². The molecular formula is C23H25N7O2S. The van der Waals surface area contributed by atoms with Crippen LogP contribution in [0.5, 0.6) is 0 Å². The van der Waals surface area contributed by atoms with Crippen molar-refractivity contribution in [2.45, 2.75) is 36.7 Å². The highest BCUT2D eigenvalue weighted by atomic mass is 32.2. The smallest absolute Gasteiger partial charge is 0.269 e. The topological polar surface area (TPSA) is 123 Å². The van der Waals surface area contributed by atoms with E-state index in [1.165, 1.54) is 3.97 Å². The predicted octanol–water partition coefficient (Wildman–Crippen LogP) is 2.63. The third-order valence-corrected chi connectivity index (χ3v) is 8.03. The van der Waals surface area contributed by atoms with Gasteiger partial charge in [-0.15, -0.1) is 0 Å². The molecule has 1 aliphatic rings. The van der Waals surface area contributed by atoms with E-state index in [2.05, 4.69) is 20.5 Å². The number of piperidine rings is 1. The molecule has 0 aliphatic carbocycles. The van der Waals surface area contributed by atoms with Crippen LogP contribution in [0, 0.1) is 11.3 Å². The third-order valence-electron chi connectivity index (χ3n) is 6.35. The summed E-state index contributed by atoms with van der Waals surface area (Å²) < 4.78 is 30.0. The van der Waals surface area contributed by atoms with Crippen molar-refractivity contribution in [1.82, 2.24) is 23.4 Å². The molecule has 3 aromatic heterocycles. The van der Waals surface area contributed by atoms with Crippen molar-refractivity contribution in [3.8, 4) is 6.07 Å². The van der Waals surface area contributed by atoms with Crippen molar-refractivity contribution < 1.29 is 8.42 Å². The van der Waals surface area contributed by atoms with Gasteiger partial charge in [-0.3, -0.25) is 0 Å². The summed E-state index contributed by atoms with van der Waals surface area (Å²) in [5.74, 6) is 0.772. The van der Waals surface area contributed by atoms with E-state index < -0.39 is 10.0 Å². The Balaban J connectivity index is 1.60. The number of nitrogens with zero attached hydrogens (tertiary/aromatic N) is 6. The minimum absolute atomic E-state index is 0.201. The predicted molar refractivity (Wildman–Crippen MR) is 125 cm³/mol. The Bertz CT molecular complexity index is 1440. The zero-order valence-corrected chi connectivity index (χ0v) is 18.9. The lowest BCUT2D eigenvalue weighted by Crippen LogP contribution is -2.35. The first-order valence-corrected chi connectivity index (χ1v) is 12.5. The van der Waals surface area contributed by atoms with Gasteiger partial charge in [0.05, 0.1) is 29.2 Å². The molecule has 0 bridgehead atoms. The first kappa shape index (κ1) is 21.6. The lowest BCUT2D eigenvalue weighted by molar-refractivity contribution is 0.190. The number of pyridine rings is 1. The number of imidazole rings is 1. The average Bonchev–Trinajstić information content (AvgIpc) is 3.45. The van der Waals surface area contributed by atoms with Crippen LogP contribution in [-0.2, 0) is 16.6 Å². The number of hydrogen-bond donors (Lipinski definition) is 1. The largest absolute Gasteiger partial charge is 0.324 e. The van der Waals surface area contributed by atoms with Gasteiger partial charge in [-0.2, -0.15) is 5.26 Å². The van der Waals surface area contributed by atoms with Gasteiger partial charge in [-0.05, 0) is 31.0 Å². The number of nitrogens with two attached hydrogens (primary N) is 1. The third kappa shape index (κ3) is 3.68. The molecule has 1 aliphatic heterocycles. The van der Waals surface area contributed by atoms with Gasteiger partial charge in [-0.25, -0.2) is 22.4 Å². The first-order valence-electron chi connectivity index (χ1n) is 11.0. The molecular weight excluding hydrogens is 438 g/mol. The normalized spacial score (nSPS) is 15.9. The van der Waals surface area contributed by atoms with Crippen molar-refractivity contribution >= 4 is 32.1 Å². The van der Waals surface area contributed by atoms with E-state index in [1.807, 2.05) is 0 Å². The fourth-order valence-electron chi connectivity index (χ4n) is 4.74. The van der Waals surface area contributed by atoms with E-state index in [0.29, 0.717) is 17.6 Å². The maximum Gasteiger partial charge on any atom is 0.269 e. The van der Waals surface area contributed by atoms with Crippen molar-refractivity contribution in [3.63, 3.8) is 0 Å². The second-order valence-corrected chi connectivity index (χ2v) is 10.1. The minimum Gasteiger partial charge on any atom is -0.324 e. The Kier molecular flexibility index (Phi) is 5.62. The summed E-state index contributed by atoms with van der Waals surface area (Å²) in [5.41, 5.74) is 8.02. The maximum absolute atomic E-state index is 13.3. The number of likely N-dealkylation sites (tertiary alicyclic amines) is 1. The van der Waals surface area contributed by atoms with Gasteiger partial charge < -0.3 is 15.2 Å². The zero-order valence-electron chi connectivity index (χ0n) is 18.1. The minimum atomic E-state index is -3.78. The van der Waals surface area contributed by atoms with Crippen LogP contribution >= 0.6 is 0 Å². The lowest BCUT2D eigenvalue weighted by atomic mass is 10.0. The molecule has 4 aromatic rings. The van der Waals surface area contributed by atoms with E-state index in [1.54, 1.807) is 48.8 Å². The number of benzene rings is 1. The molecule has 5 rings (SSSR count). The second-order valence-electron chi connectivity index (χ2n) is 8.24. The van der Waals surface area contributed by atoms with Crippen LogP contribution < -0.4 is 5.73 Å². The van der Waals surface area contributed by atoms with Crippen LogP contribution in [0.15, 0.2) is 53.7 Å². The van der Waals surface area contributed by atoms with Crippen molar-refractivity contribution in [1.29, 1.82) is 5.26 Å². The SMILES string of the molecule is N#CCCN1CCC(n2c(CN)nc3cnc4c(ccn4S(=O)(=O)c4ccccc4)c32)CC1. The second kappa shape index (κ2) is 8.59. The highest BCUT2D eigenvalue weighted by molar-refractivity contribution is 7.90. The van der Waals surface area contributed by atoms with Gasteiger partial charge in [0.1, 0.15) is 11.3 Å². The Morgan fingerprint density at radius 3 is 2.61 bits per heavy atom. The van der Waals surface area contributed by atoms with Gasteiger partial charge in [0.15, 0.2) is 5.65 Å². The molecule has 1 fully saturated rings. The first-order chi connectivity index (χ1) is 16.0. The summed E-state index contributed by atoms with van der Waals surface area (Å²) in [6.07, 6.45) is 5.55.